The summed E-state index contributed by atoms with van der Waals surface area (Å²) in [6, 6.07) is 11.5. The summed E-state index contributed by atoms with van der Waals surface area (Å²) < 4.78 is 10.4. The number of rotatable bonds is 8. The third-order valence-electron chi connectivity index (χ3n) is 4.91. The summed E-state index contributed by atoms with van der Waals surface area (Å²) in [6.45, 7) is 2.89. The second-order valence-electron chi connectivity index (χ2n) is 7.08. The van der Waals surface area contributed by atoms with Gasteiger partial charge in [-0.3, -0.25) is 9.89 Å². The number of nitrogens with zero attached hydrogens (tertiary/aromatic N) is 1. The van der Waals surface area contributed by atoms with Gasteiger partial charge in [0, 0.05) is 11.9 Å². The van der Waals surface area contributed by atoms with Gasteiger partial charge in [-0.2, -0.15) is 5.10 Å². The zero-order chi connectivity index (χ0) is 20.6. The van der Waals surface area contributed by atoms with E-state index in [1.54, 1.807) is 7.11 Å². The number of aromatic amines is 1. The fraction of sp³-hybridized carbons (Fsp3) is 0.450. The molecule has 1 radical (unpaired) electrons. The number of amides is 2. The first-order valence-corrected chi connectivity index (χ1v) is 11.7. The molecule has 1 saturated heterocycles. The van der Waals surface area contributed by atoms with Gasteiger partial charge in [-0.25, -0.2) is 4.79 Å². The number of hydrogen-bond acceptors (Lipinski definition) is 5. The zero-order valence-corrected chi connectivity index (χ0v) is 17.8. The summed E-state index contributed by atoms with van der Waals surface area (Å²) >= 11 is 0. The molecule has 2 heterocycles. The van der Waals surface area contributed by atoms with Gasteiger partial charge in [-0.1, -0.05) is 18.2 Å². The van der Waals surface area contributed by atoms with Crippen LogP contribution in [0.3, 0.4) is 0 Å². The summed E-state index contributed by atoms with van der Waals surface area (Å²) in [4.78, 5) is 23.7. The Morgan fingerprint density at radius 3 is 2.83 bits per heavy atom. The highest BCUT2D eigenvalue weighted by atomic mass is 28.3. The lowest BCUT2D eigenvalue weighted by Crippen LogP contribution is -2.29. The molecule has 29 heavy (non-hydrogen) atoms. The minimum absolute atomic E-state index is 0.106. The number of aromatic nitrogens is 2. The van der Waals surface area contributed by atoms with Crippen molar-refractivity contribution in [1.29, 1.82) is 0 Å². The fourth-order valence-corrected chi connectivity index (χ4v) is 6.41. The standard InChI is InChI=1S/C20H27N4O4Si/c1-3-21-20(26)28-12-15-8-9-29(13-15)19-11-17(23-24-19)22-18(25)10-14-4-6-16(27-2)7-5-14/h4-7,11,15H,3,8-10,12-13H2,1-2H3,(H,21,26)(H2,22,23,24,25). The molecule has 0 aliphatic carbocycles. The molecule has 1 aromatic carbocycles. The van der Waals surface area contributed by atoms with E-state index in [1.807, 2.05) is 37.3 Å². The van der Waals surface area contributed by atoms with Crippen LogP contribution in [0.25, 0.3) is 0 Å². The first-order chi connectivity index (χ1) is 14.1. The number of methoxy groups -OCH3 is 1. The Bertz CT molecular complexity index is 824. The summed E-state index contributed by atoms with van der Waals surface area (Å²) in [6.07, 6.45) is 0.978. The minimum Gasteiger partial charge on any atom is -0.497 e. The Kier molecular flexibility index (Phi) is 7.29. The molecule has 0 saturated carbocycles. The van der Waals surface area contributed by atoms with Gasteiger partial charge >= 0.3 is 6.09 Å². The predicted octanol–water partition coefficient (Wildman–Crippen LogP) is 2.07. The topological polar surface area (TPSA) is 105 Å². The molecule has 3 N–H and O–H groups in total. The SMILES string of the molecule is CCNC(=O)OCC1CC[Si](c2cc(NC(=O)Cc3ccc(OC)cc3)n[nH]2)C1. The van der Waals surface area contributed by atoms with Crippen LogP contribution in [0.4, 0.5) is 10.6 Å². The lowest BCUT2D eigenvalue weighted by Gasteiger charge is -2.10. The third-order valence-corrected chi connectivity index (χ3v) is 7.89. The first kappa shape index (κ1) is 20.9. The maximum atomic E-state index is 12.3. The Morgan fingerprint density at radius 2 is 2.10 bits per heavy atom. The monoisotopic (exact) mass is 415 g/mol. The maximum absolute atomic E-state index is 12.3. The van der Waals surface area contributed by atoms with Crippen molar-refractivity contribution in [2.45, 2.75) is 31.9 Å². The van der Waals surface area contributed by atoms with Crippen LogP contribution in [0.1, 0.15) is 18.9 Å². The largest absolute Gasteiger partial charge is 0.497 e. The van der Waals surface area contributed by atoms with E-state index < -0.39 is 8.80 Å². The average Bonchev–Trinajstić information content (AvgIpc) is 3.36. The van der Waals surface area contributed by atoms with E-state index in [0.717, 1.165) is 35.1 Å². The van der Waals surface area contributed by atoms with Gasteiger partial charge in [0.15, 0.2) is 5.82 Å². The zero-order valence-electron chi connectivity index (χ0n) is 16.8. The number of hydrogen-bond donors (Lipinski definition) is 3. The highest BCUT2D eigenvalue weighted by Gasteiger charge is 2.30. The van der Waals surface area contributed by atoms with Crippen molar-refractivity contribution in [3.8, 4) is 5.75 Å². The number of nitrogens with one attached hydrogen (secondary N) is 3. The molecule has 1 fully saturated rings. The third kappa shape index (κ3) is 6.08. The molecular weight excluding hydrogens is 388 g/mol. The molecule has 3 rings (SSSR count). The van der Waals surface area contributed by atoms with E-state index in [9.17, 15) is 9.59 Å². The van der Waals surface area contributed by atoms with Crippen molar-refractivity contribution >= 4 is 31.9 Å². The highest BCUT2D eigenvalue weighted by Crippen LogP contribution is 2.27. The Hall–Kier alpha value is -2.81. The molecule has 1 aromatic heterocycles. The number of anilines is 1. The number of benzene rings is 1. The van der Waals surface area contributed by atoms with Gasteiger partial charge in [0.05, 0.1) is 20.1 Å². The smallest absolute Gasteiger partial charge is 0.407 e. The summed E-state index contributed by atoms with van der Waals surface area (Å²) in [5.74, 6) is 1.60. The van der Waals surface area contributed by atoms with E-state index in [1.165, 1.54) is 0 Å². The molecule has 1 unspecified atom stereocenters. The van der Waals surface area contributed by atoms with Crippen molar-refractivity contribution in [1.82, 2.24) is 15.5 Å². The van der Waals surface area contributed by atoms with E-state index in [2.05, 4.69) is 20.8 Å². The quantitative estimate of drug-likeness (QED) is 0.573. The van der Waals surface area contributed by atoms with Gasteiger partial charge < -0.3 is 20.1 Å². The van der Waals surface area contributed by atoms with Crippen LogP contribution in [-0.4, -0.2) is 51.3 Å². The maximum Gasteiger partial charge on any atom is 0.407 e. The Balaban J connectivity index is 1.46. The van der Waals surface area contributed by atoms with Gasteiger partial charge in [-0.15, -0.1) is 0 Å². The van der Waals surface area contributed by atoms with E-state index in [0.29, 0.717) is 24.9 Å². The summed E-state index contributed by atoms with van der Waals surface area (Å²) in [5.41, 5.74) is 0.914. The van der Waals surface area contributed by atoms with Crippen LogP contribution in [0.15, 0.2) is 30.3 Å². The summed E-state index contributed by atoms with van der Waals surface area (Å²) in [7, 11) is 0.841. The minimum atomic E-state index is -0.772. The van der Waals surface area contributed by atoms with Gasteiger partial charge in [0.2, 0.25) is 5.91 Å². The van der Waals surface area contributed by atoms with Gasteiger partial charge in [0.1, 0.15) is 14.5 Å². The van der Waals surface area contributed by atoms with Crippen LogP contribution in [-0.2, 0) is 16.0 Å². The predicted molar refractivity (Wildman–Crippen MR) is 112 cm³/mol. The van der Waals surface area contributed by atoms with Crippen LogP contribution in [0, 0.1) is 5.92 Å². The molecule has 1 aliphatic rings. The average molecular weight is 416 g/mol. The number of carbonyl (C=O) groups excluding carboxylic acids is 2. The molecule has 8 nitrogen and oxygen atoms in total. The van der Waals surface area contributed by atoms with Gasteiger partial charge in [0.25, 0.3) is 0 Å². The van der Waals surface area contributed by atoms with Crippen LogP contribution in [0.2, 0.25) is 12.1 Å². The van der Waals surface area contributed by atoms with Crippen LogP contribution >= 0.6 is 0 Å². The number of carbonyl (C=O) groups is 2. The lowest BCUT2D eigenvalue weighted by atomic mass is 10.1. The summed E-state index contributed by atoms with van der Waals surface area (Å²) in [5, 5.41) is 13.9. The second kappa shape index (κ2) is 10.1. The van der Waals surface area contributed by atoms with Crippen molar-refractivity contribution in [2.24, 2.45) is 5.92 Å². The van der Waals surface area contributed by atoms with Crippen LogP contribution < -0.4 is 20.7 Å². The number of alkyl carbamates (subject to hydrolysis) is 1. The van der Waals surface area contributed by atoms with E-state index in [4.69, 9.17) is 9.47 Å². The van der Waals surface area contributed by atoms with Crippen molar-refractivity contribution in [2.75, 3.05) is 25.6 Å². The highest BCUT2D eigenvalue weighted by molar-refractivity contribution is 6.73. The van der Waals surface area contributed by atoms with Crippen LogP contribution in [0.5, 0.6) is 5.75 Å². The number of ether oxygens (including phenoxy) is 2. The van der Waals surface area contributed by atoms with Crippen molar-refractivity contribution in [3.63, 3.8) is 0 Å². The fourth-order valence-electron chi connectivity index (χ4n) is 3.39. The van der Waals surface area contributed by atoms with E-state index >= 15 is 0 Å². The molecular formula is C20H27N4O4Si. The molecule has 2 amide bonds. The van der Waals surface area contributed by atoms with Crippen molar-refractivity contribution < 1.29 is 19.1 Å². The molecule has 9 heteroatoms. The molecule has 155 valence electrons. The molecule has 0 bridgehead atoms. The molecule has 0 spiro atoms. The Labute approximate surface area is 172 Å². The second-order valence-corrected chi connectivity index (χ2v) is 9.74. The molecule has 2 aromatic rings. The van der Waals surface area contributed by atoms with Gasteiger partial charge in [-0.05, 0) is 49.1 Å². The molecule has 1 atom stereocenters. The normalized spacial score (nSPS) is 16.4. The van der Waals surface area contributed by atoms with Crippen molar-refractivity contribution in [3.05, 3.63) is 35.9 Å². The molecule has 1 aliphatic heterocycles. The van der Waals surface area contributed by atoms with E-state index in [-0.39, 0.29) is 18.4 Å². The Morgan fingerprint density at radius 1 is 1.31 bits per heavy atom. The lowest BCUT2D eigenvalue weighted by molar-refractivity contribution is -0.115. The first-order valence-electron chi connectivity index (χ1n) is 9.81. The number of H-pyrrole nitrogens is 1.